The summed E-state index contributed by atoms with van der Waals surface area (Å²) in [7, 11) is 0. The van der Waals surface area contributed by atoms with Crippen LogP contribution in [0.2, 0.25) is 10.0 Å². The van der Waals surface area contributed by atoms with Crippen LogP contribution in [0.4, 0.5) is 5.82 Å². The molecule has 1 N–H and O–H groups in total. The predicted molar refractivity (Wildman–Crippen MR) is 119 cm³/mol. The number of aryl methyl sites for hydroxylation is 1. The number of hydrogen-bond acceptors (Lipinski definition) is 3. The molecule has 0 aliphatic rings. The summed E-state index contributed by atoms with van der Waals surface area (Å²) in [6.07, 6.45) is 1.53. The van der Waals surface area contributed by atoms with Crippen LogP contribution in [0.1, 0.15) is 11.1 Å². The molecule has 0 unspecified atom stereocenters. The van der Waals surface area contributed by atoms with Crippen molar-refractivity contribution in [1.82, 2.24) is 9.78 Å². The second-order valence-corrected chi connectivity index (χ2v) is 7.43. The minimum Gasteiger partial charge on any atom is -0.506 e. The van der Waals surface area contributed by atoms with Crippen molar-refractivity contribution in [3.8, 4) is 22.7 Å². The number of phenolic OH excluding ortho intramolecular Hbond substituents is 1. The van der Waals surface area contributed by atoms with Gasteiger partial charge in [0.15, 0.2) is 5.82 Å². The Kier molecular flexibility index (Phi) is 5.38. The van der Waals surface area contributed by atoms with Crippen molar-refractivity contribution in [3.05, 3.63) is 94.0 Å². The van der Waals surface area contributed by atoms with Gasteiger partial charge in [0.1, 0.15) is 5.75 Å². The molecule has 29 heavy (non-hydrogen) atoms. The second-order valence-electron chi connectivity index (χ2n) is 6.58. The van der Waals surface area contributed by atoms with Crippen molar-refractivity contribution < 1.29 is 5.11 Å². The zero-order valence-electron chi connectivity index (χ0n) is 15.6. The van der Waals surface area contributed by atoms with Crippen LogP contribution in [0.25, 0.3) is 16.9 Å². The summed E-state index contributed by atoms with van der Waals surface area (Å²) in [4.78, 5) is 4.56. The Morgan fingerprint density at radius 3 is 2.41 bits per heavy atom. The van der Waals surface area contributed by atoms with Crippen LogP contribution < -0.4 is 0 Å². The molecule has 0 bridgehead atoms. The molecule has 6 heteroatoms. The summed E-state index contributed by atoms with van der Waals surface area (Å²) in [6, 6.07) is 22.9. The first kappa shape index (κ1) is 19.2. The quantitative estimate of drug-likeness (QED) is 0.376. The SMILES string of the molecule is Cc1ccc(-c2cc(/N=C/c3cc(Cl)cc(Cl)c3O)n(-c3ccccc3)n2)cc1. The lowest BCUT2D eigenvalue weighted by Crippen LogP contribution is -1.96. The van der Waals surface area contributed by atoms with Crippen LogP contribution in [-0.2, 0) is 0 Å². The van der Waals surface area contributed by atoms with Gasteiger partial charge in [-0.3, -0.25) is 0 Å². The van der Waals surface area contributed by atoms with Crippen molar-refractivity contribution in [3.63, 3.8) is 0 Å². The van der Waals surface area contributed by atoms with E-state index in [4.69, 9.17) is 28.3 Å². The lowest BCUT2D eigenvalue weighted by molar-refractivity contribution is 0.475. The molecule has 0 spiro atoms. The van der Waals surface area contributed by atoms with E-state index >= 15 is 0 Å². The molecule has 4 rings (SSSR count). The molecule has 0 radical (unpaired) electrons. The fourth-order valence-corrected chi connectivity index (χ4v) is 3.42. The highest BCUT2D eigenvalue weighted by Gasteiger charge is 2.11. The van der Waals surface area contributed by atoms with Gasteiger partial charge in [0, 0.05) is 28.4 Å². The monoisotopic (exact) mass is 421 g/mol. The average molecular weight is 422 g/mol. The maximum atomic E-state index is 10.2. The van der Waals surface area contributed by atoms with E-state index < -0.39 is 0 Å². The molecular formula is C23H17Cl2N3O. The molecule has 0 atom stereocenters. The largest absolute Gasteiger partial charge is 0.506 e. The van der Waals surface area contributed by atoms with E-state index in [1.165, 1.54) is 17.8 Å². The van der Waals surface area contributed by atoms with Gasteiger partial charge in [-0.05, 0) is 31.2 Å². The predicted octanol–water partition coefficient (Wildman–Crippen LogP) is 6.61. The Morgan fingerprint density at radius 2 is 1.69 bits per heavy atom. The molecule has 0 aliphatic carbocycles. The lowest BCUT2D eigenvalue weighted by Gasteiger charge is -2.04. The Balaban J connectivity index is 1.80. The van der Waals surface area contributed by atoms with Gasteiger partial charge >= 0.3 is 0 Å². The molecular weight excluding hydrogens is 405 g/mol. The van der Waals surface area contributed by atoms with Gasteiger partial charge in [-0.15, -0.1) is 0 Å². The summed E-state index contributed by atoms with van der Waals surface area (Å²) >= 11 is 12.1. The third-order valence-electron chi connectivity index (χ3n) is 4.43. The molecule has 4 aromatic rings. The summed E-state index contributed by atoms with van der Waals surface area (Å²) in [5.41, 5.74) is 4.29. The Labute approximate surface area is 178 Å². The highest BCUT2D eigenvalue weighted by molar-refractivity contribution is 6.36. The molecule has 4 nitrogen and oxygen atoms in total. The molecule has 1 heterocycles. The zero-order chi connectivity index (χ0) is 20.4. The highest BCUT2D eigenvalue weighted by Crippen LogP contribution is 2.31. The number of aromatic hydroxyl groups is 1. The van der Waals surface area contributed by atoms with Crippen molar-refractivity contribution >= 4 is 35.2 Å². The van der Waals surface area contributed by atoms with E-state index in [-0.39, 0.29) is 10.8 Å². The van der Waals surface area contributed by atoms with Gasteiger partial charge in [-0.1, -0.05) is 71.2 Å². The maximum absolute atomic E-state index is 10.2. The molecule has 3 aromatic carbocycles. The molecule has 1 aromatic heterocycles. The first-order valence-electron chi connectivity index (χ1n) is 8.96. The van der Waals surface area contributed by atoms with E-state index in [0.717, 1.165) is 16.9 Å². The highest BCUT2D eigenvalue weighted by atomic mass is 35.5. The molecule has 0 aliphatic heterocycles. The van der Waals surface area contributed by atoms with Crippen LogP contribution in [0.3, 0.4) is 0 Å². The number of hydrogen-bond donors (Lipinski definition) is 1. The van der Waals surface area contributed by atoms with Crippen molar-refractivity contribution in [2.24, 2.45) is 4.99 Å². The number of phenols is 1. The third-order valence-corrected chi connectivity index (χ3v) is 4.94. The number of benzene rings is 3. The van der Waals surface area contributed by atoms with E-state index in [2.05, 4.69) is 4.99 Å². The van der Waals surface area contributed by atoms with Gasteiger partial charge in [0.25, 0.3) is 0 Å². The van der Waals surface area contributed by atoms with E-state index in [1.54, 1.807) is 10.7 Å². The normalized spacial score (nSPS) is 11.3. The van der Waals surface area contributed by atoms with Gasteiger partial charge in [-0.2, -0.15) is 5.10 Å². The Bertz CT molecular complexity index is 1180. The number of halogens is 2. The fourth-order valence-electron chi connectivity index (χ4n) is 2.91. The fraction of sp³-hybridized carbons (Fsp3) is 0.0435. The number of rotatable bonds is 4. The molecule has 0 amide bonds. The van der Waals surface area contributed by atoms with Gasteiger partial charge in [0.2, 0.25) is 0 Å². The van der Waals surface area contributed by atoms with Crippen molar-refractivity contribution in [2.75, 3.05) is 0 Å². The number of aromatic nitrogens is 2. The summed E-state index contributed by atoms with van der Waals surface area (Å²) in [5.74, 6) is 0.548. The average Bonchev–Trinajstić information content (AvgIpc) is 3.15. The van der Waals surface area contributed by atoms with Crippen molar-refractivity contribution in [1.29, 1.82) is 0 Å². The minimum absolute atomic E-state index is 0.0654. The molecule has 144 valence electrons. The third kappa shape index (κ3) is 4.19. The number of nitrogens with zero attached hydrogens (tertiary/aromatic N) is 3. The Morgan fingerprint density at radius 1 is 0.966 bits per heavy atom. The molecule has 0 saturated heterocycles. The summed E-state index contributed by atoms with van der Waals surface area (Å²) in [5, 5.41) is 15.5. The van der Waals surface area contributed by atoms with E-state index in [1.807, 2.05) is 67.6 Å². The topological polar surface area (TPSA) is 50.4 Å². The van der Waals surface area contributed by atoms with Crippen LogP contribution >= 0.6 is 23.2 Å². The van der Waals surface area contributed by atoms with Gasteiger partial charge in [0.05, 0.1) is 16.4 Å². The van der Waals surface area contributed by atoms with Crippen LogP contribution in [0.5, 0.6) is 5.75 Å². The minimum atomic E-state index is -0.0654. The van der Waals surface area contributed by atoms with Crippen molar-refractivity contribution in [2.45, 2.75) is 6.92 Å². The summed E-state index contributed by atoms with van der Waals surface area (Å²) in [6.45, 7) is 2.05. The second kappa shape index (κ2) is 8.11. The number of para-hydroxylation sites is 1. The number of aliphatic imine (C=N–C) groups is 1. The van der Waals surface area contributed by atoms with Gasteiger partial charge < -0.3 is 5.11 Å². The first-order valence-corrected chi connectivity index (χ1v) is 9.71. The maximum Gasteiger partial charge on any atom is 0.156 e. The van der Waals surface area contributed by atoms with Crippen LogP contribution in [0.15, 0.2) is 77.8 Å². The van der Waals surface area contributed by atoms with Crippen LogP contribution in [-0.4, -0.2) is 21.1 Å². The van der Waals surface area contributed by atoms with Gasteiger partial charge in [-0.25, -0.2) is 9.67 Å². The standard InChI is InChI=1S/C23H17Cl2N3O/c1-15-7-9-16(10-8-15)21-13-22(28(27-21)19-5-3-2-4-6-19)26-14-17-11-18(24)12-20(25)23(17)29/h2-14,29H,1H3/b26-14+. The first-order chi connectivity index (χ1) is 14.0. The zero-order valence-corrected chi connectivity index (χ0v) is 17.1. The molecule has 0 saturated carbocycles. The smallest absolute Gasteiger partial charge is 0.156 e. The molecule has 0 fully saturated rings. The van der Waals surface area contributed by atoms with E-state index in [9.17, 15) is 5.11 Å². The lowest BCUT2D eigenvalue weighted by atomic mass is 10.1. The van der Waals surface area contributed by atoms with E-state index in [0.29, 0.717) is 16.4 Å². The Hall–Kier alpha value is -3.08. The van der Waals surface area contributed by atoms with Crippen LogP contribution in [0, 0.1) is 6.92 Å². The summed E-state index contributed by atoms with van der Waals surface area (Å²) < 4.78 is 1.76.